The van der Waals surface area contributed by atoms with Crippen LogP contribution in [0.25, 0.3) is 5.65 Å². The van der Waals surface area contributed by atoms with Gasteiger partial charge in [-0.15, -0.1) is 24.2 Å². The molecule has 0 atom stereocenters. The molecule has 0 bridgehead atoms. The van der Waals surface area contributed by atoms with Crippen LogP contribution in [0.2, 0.25) is 0 Å². The van der Waals surface area contributed by atoms with E-state index in [2.05, 4.69) is 15.0 Å². The summed E-state index contributed by atoms with van der Waals surface area (Å²) in [6.07, 6.45) is 2.59. The first-order valence-electron chi connectivity index (χ1n) is 8.22. The van der Waals surface area contributed by atoms with E-state index in [0.29, 0.717) is 10.7 Å². The van der Waals surface area contributed by atoms with Gasteiger partial charge in [0, 0.05) is 24.4 Å². The third-order valence-electron chi connectivity index (χ3n) is 4.05. The summed E-state index contributed by atoms with van der Waals surface area (Å²) in [4.78, 5) is 7.04. The van der Waals surface area contributed by atoms with Crippen LogP contribution in [0.1, 0.15) is 11.4 Å². The third-order valence-corrected chi connectivity index (χ3v) is 6.66. The number of fused-ring (bicyclic) bond motifs is 1. The van der Waals surface area contributed by atoms with Crippen molar-refractivity contribution in [1.29, 1.82) is 0 Å². The summed E-state index contributed by atoms with van der Waals surface area (Å²) in [5.74, 6) is 0. The van der Waals surface area contributed by atoms with Crippen molar-refractivity contribution in [1.82, 2.24) is 19.5 Å². The number of rotatable bonds is 6. The van der Waals surface area contributed by atoms with Gasteiger partial charge in [-0.05, 0) is 45.5 Å². The summed E-state index contributed by atoms with van der Waals surface area (Å²) < 4.78 is 28.2. The van der Waals surface area contributed by atoms with Gasteiger partial charge < -0.3 is 4.90 Å². The lowest BCUT2D eigenvalue weighted by atomic mass is 10.2. The van der Waals surface area contributed by atoms with Gasteiger partial charge in [-0.2, -0.15) is 5.10 Å². The van der Waals surface area contributed by atoms with Crippen LogP contribution < -0.4 is 0 Å². The van der Waals surface area contributed by atoms with Gasteiger partial charge in [0.25, 0.3) is 0 Å². The van der Waals surface area contributed by atoms with Gasteiger partial charge in [0.15, 0.2) is 10.5 Å². The highest BCUT2D eigenvalue weighted by Gasteiger charge is 2.29. The summed E-state index contributed by atoms with van der Waals surface area (Å²) in [6, 6.07) is 10.4. The van der Waals surface area contributed by atoms with Gasteiger partial charge >= 0.3 is 0 Å². The van der Waals surface area contributed by atoms with Crippen molar-refractivity contribution in [3.8, 4) is 0 Å². The zero-order valence-electron chi connectivity index (χ0n) is 15.7. The van der Waals surface area contributed by atoms with Crippen molar-refractivity contribution in [2.24, 2.45) is 0 Å². The van der Waals surface area contributed by atoms with Crippen molar-refractivity contribution in [2.75, 3.05) is 26.9 Å². The highest BCUT2D eigenvalue weighted by molar-refractivity contribution is 7.99. The van der Waals surface area contributed by atoms with E-state index in [1.54, 1.807) is 34.8 Å². The van der Waals surface area contributed by atoms with E-state index >= 15 is 0 Å². The van der Waals surface area contributed by atoms with Crippen LogP contribution in [-0.2, 0) is 16.3 Å². The molecule has 0 saturated carbocycles. The van der Waals surface area contributed by atoms with E-state index in [1.807, 2.05) is 33.3 Å². The average molecular weight is 427 g/mol. The monoisotopic (exact) mass is 426 g/mol. The number of hydrogen-bond donors (Lipinski definition) is 0. The molecule has 0 amide bonds. The molecule has 0 radical (unpaired) electrons. The first-order valence-corrected chi connectivity index (χ1v) is 10.9. The Kier molecular flexibility index (Phi) is 6.91. The van der Waals surface area contributed by atoms with Crippen LogP contribution in [0.5, 0.6) is 0 Å². The number of hydrogen-bond acceptors (Lipinski definition) is 6. The van der Waals surface area contributed by atoms with E-state index in [4.69, 9.17) is 0 Å². The maximum atomic E-state index is 13.3. The molecule has 0 saturated heterocycles. The third kappa shape index (κ3) is 4.29. The highest BCUT2D eigenvalue weighted by Crippen LogP contribution is 2.32. The predicted molar refractivity (Wildman–Crippen MR) is 111 cm³/mol. The number of sulfone groups is 1. The lowest BCUT2D eigenvalue weighted by molar-refractivity contribution is 0.410. The minimum atomic E-state index is -3.71. The maximum Gasteiger partial charge on any atom is 0.213 e. The minimum Gasteiger partial charge on any atom is -0.309 e. The summed E-state index contributed by atoms with van der Waals surface area (Å²) in [5.41, 5.74) is 2.13. The lowest BCUT2D eigenvalue weighted by Gasteiger charge is -2.11. The summed E-state index contributed by atoms with van der Waals surface area (Å²) in [5, 5.41) is 5.03. The summed E-state index contributed by atoms with van der Waals surface area (Å²) in [6.45, 7) is 2.72. The zero-order chi connectivity index (χ0) is 18.9. The Balaban J connectivity index is 0.00000261. The molecule has 2 heterocycles. The Morgan fingerprint density at radius 1 is 1.19 bits per heavy atom. The van der Waals surface area contributed by atoms with Crippen LogP contribution in [0.3, 0.4) is 0 Å². The number of aryl methyl sites for hydroxylation is 1. The molecule has 0 aliphatic heterocycles. The van der Waals surface area contributed by atoms with Crippen LogP contribution >= 0.6 is 24.2 Å². The Hall–Kier alpha value is -1.61. The molecule has 3 aromatic rings. The fraction of sp³-hybridized carbons (Fsp3) is 0.333. The molecule has 9 heteroatoms. The van der Waals surface area contributed by atoms with E-state index in [1.165, 1.54) is 11.8 Å². The molecule has 3 rings (SSSR count). The topological polar surface area (TPSA) is 67.6 Å². The molecule has 6 nitrogen and oxygen atoms in total. The van der Waals surface area contributed by atoms with Gasteiger partial charge in [0.05, 0.1) is 4.90 Å². The Morgan fingerprint density at radius 2 is 1.85 bits per heavy atom. The molecule has 0 aliphatic carbocycles. The fourth-order valence-corrected chi connectivity index (χ4v) is 5.19. The van der Waals surface area contributed by atoms with Crippen molar-refractivity contribution in [3.05, 3.63) is 47.8 Å². The molecule has 27 heavy (non-hydrogen) atoms. The lowest BCUT2D eigenvalue weighted by Crippen LogP contribution is -2.17. The number of halogens is 1. The largest absolute Gasteiger partial charge is 0.309 e. The smallest absolute Gasteiger partial charge is 0.213 e. The van der Waals surface area contributed by atoms with Crippen molar-refractivity contribution >= 4 is 39.7 Å². The van der Waals surface area contributed by atoms with Gasteiger partial charge in [-0.3, -0.25) is 0 Å². The molecule has 1 aromatic carbocycles. The highest BCUT2D eigenvalue weighted by atomic mass is 35.5. The van der Waals surface area contributed by atoms with E-state index in [9.17, 15) is 8.42 Å². The first-order chi connectivity index (χ1) is 12.3. The summed E-state index contributed by atoms with van der Waals surface area (Å²) in [7, 11) is 0.307. The number of benzene rings is 1. The number of thioether (sulfide) groups is 1. The average Bonchev–Trinajstić information content (AvgIpc) is 2.99. The van der Waals surface area contributed by atoms with Crippen LogP contribution in [0.4, 0.5) is 0 Å². The van der Waals surface area contributed by atoms with Gasteiger partial charge in [0.2, 0.25) is 9.84 Å². The molecular formula is C18H23ClN4O2S2. The number of likely N-dealkylation sites (N-methyl/N-ethyl adjacent to an activating group) is 1. The predicted octanol–water partition coefficient (Wildman–Crippen LogP) is 3.12. The number of nitrogens with zero attached hydrogens (tertiary/aromatic N) is 4. The fourth-order valence-electron chi connectivity index (χ4n) is 2.78. The molecule has 0 aliphatic rings. The van der Waals surface area contributed by atoms with Crippen LogP contribution in [0.15, 0.2) is 51.2 Å². The molecule has 0 N–H and O–H groups in total. The van der Waals surface area contributed by atoms with Gasteiger partial charge in [-0.25, -0.2) is 17.9 Å². The Labute approximate surface area is 170 Å². The van der Waals surface area contributed by atoms with E-state index < -0.39 is 9.84 Å². The minimum absolute atomic E-state index is 0. The molecular weight excluding hydrogens is 404 g/mol. The molecule has 0 fully saturated rings. The maximum absolute atomic E-state index is 13.3. The summed E-state index contributed by atoms with van der Waals surface area (Å²) >= 11 is 1.32. The molecule has 146 valence electrons. The molecule has 0 unspecified atom stereocenters. The van der Waals surface area contributed by atoms with Crippen molar-refractivity contribution in [2.45, 2.75) is 28.2 Å². The standard InChI is InChI=1S/C18H22N4O2S2.ClH/c1-13-12-14(10-11-21(2)3)22-17(19-13)16(18(20-22)25-4)26(23,24)15-8-6-5-7-9-15;/h5-9,12H,10-11H2,1-4H3;1H. The molecule has 2 aromatic heterocycles. The normalized spacial score (nSPS) is 11.7. The Morgan fingerprint density at radius 3 is 2.44 bits per heavy atom. The zero-order valence-corrected chi connectivity index (χ0v) is 18.2. The molecule has 0 spiro atoms. The first kappa shape index (κ1) is 21.7. The Bertz CT molecular complexity index is 1030. The second-order valence-electron chi connectivity index (χ2n) is 6.33. The van der Waals surface area contributed by atoms with Gasteiger partial charge in [-0.1, -0.05) is 18.2 Å². The van der Waals surface area contributed by atoms with E-state index in [0.717, 1.165) is 24.4 Å². The van der Waals surface area contributed by atoms with Crippen molar-refractivity contribution in [3.63, 3.8) is 0 Å². The van der Waals surface area contributed by atoms with Crippen LogP contribution in [-0.4, -0.2) is 54.8 Å². The van der Waals surface area contributed by atoms with E-state index in [-0.39, 0.29) is 22.2 Å². The number of aromatic nitrogens is 3. The van der Waals surface area contributed by atoms with Crippen LogP contribution in [0, 0.1) is 6.92 Å². The second-order valence-corrected chi connectivity index (χ2v) is 9.01. The second kappa shape index (κ2) is 8.60. The SMILES string of the molecule is CSc1nn2c(CCN(C)C)cc(C)nc2c1S(=O)(=O)c1ccccc1.Cl. The van der Waals surface area contributed by atoms with Crippen molar-refractivity contribution < 1.29 is 8.42 Å². The van der Waals surface area contributed by atoms with Gasteiger partial charge in [0.1, 0.15) is 5.03 Å². The quantitative estimate of drug-likeness (QED) is 0.564.